The van der Waals surface area contributed by atoms with Crippen LogP contribution in [0.2, 0.25) is 0 Å². The quantitative estimate of drug-likeness (QED) is 0.405. The molecule has 0 radical (unpaired) electrons. The van der Waals surface area contributed by atoms with E-state index in [2.05, 4.69) is 50.3 Å². The maximum atomic E-state index is 2.44. The largest absolute Gasteiger partial charge is 0.0917 e. The Hall–Kier alpha value is -1.04. The molecule has 2 saturated carbocycles. The molecule has 0 spiro atoms. The summed E-state index contributed by atoms with van der Waals surface area (Å²) in [5.74, 6) is 3.92. The molecule has 1 aromatic carbocycles. The monoisotopic (exact) mass is 366 g/mol. The van der Waals surface area contributed by atoms with E-state index in [0.29, 0.717) is 0 Å². The van der Waals surface area contributed by atoms with Crippen molar-refractivity contribution in [3.05, 3.63) is 47.5 Å². The van der Waals surface area contributed by atoms with Crippen molar-refractivity contribution in [3.8, 4) is 0 Å². The van der Waals surface area contributed by atoms with Crippen molar-refractivity contribution in [1.29, 1.82) is 0 Å². The minimum atomic E-state index is 0.832. The Labute approximate surface area is 168 Å². The minimum Gasteiger partial charge on any atom is -0.0917 e. The van der Waals surface area contributed by atoms with E-state index in [1.165, 1.54) is 89.0 Å². The SMILES string of the molecule is C/C=C/CCC1CCC(C2CCC(c3ccc(CCCC)cc3)CC2)CC1. The van der Waals surface area contributed by atoms with Gasteiger partial charge in [0.1, 0.15) is 0 Å². The molecule has 0 saturated heterocycles. The van der Waals surface area contributed by atoms with E-state index in [0.717, 1.165) is 23.7 Å². The fourth-order valence-corrected chi connectivity index (χ4v) is 5.71. The van der Waals surface area contributed by atoms with Crippen LogP contribution in [0.1, 0.15) is 108 Å². The molecule has 0 aliphatic heterocycles. The Bertz CT molecular complexity index is 536. The first-order valence-corrected chi connectivity index (χ1v) is 12.0. The van der Waals surface area contributed by atoms with Crippen molar-refractivity contribution >= 4 is 0 Å². The molecule has 150 valence electrons. The topological polar surface area (TPSA) is 0 Å². The lowest BCUT2D eigenvalue weighted by atomic mass is 9.68. The van der Waals surface area contributed by atoms with E-state index < -0.39 is 0 Å². The van der Waals surface area contributed by atoms with Gasteiger partial charge in [0, 0.05) is 0 Å². The van der Waals surface area contributed by atoms with Gasteiger partial charge in [-0.2, -0.15) is 0 Å². The molecular weight excluding hydrogens is 324 g/mol. The van der Waals surface area contributed by atoms with Crippen LogP contribution >= 0.6 is 0 Å². The third kappa shape index (κ3) is 6.23. The first kappa shape index (κ1) is 20.7. The third-order valence-electron chi connectivity index (χ3n) is 7.58. The van der Waals surface area contributed by atoms with E-state index in [-0.39, 0.29) is 0 Å². The Balaban J connectivity index is 1.40. The van der Waals surface area contributed by atoms with Gasteiger partial charge in [0.2, 0.25) is 0 Å². The normalized spacial score (nSPS) is 29.3. The first-order chi connectivity index (χ1) is 13.3. The van der Waals surface area contributed by atoms with Crippen LogP contribution in [0.25, 0.3) is 0 Å². The number of allylic oxidation sites excluding steroid dienone is 2. The highest BCUT2D eigenvalue weighted by Crippen LogP contribution is 2.44. The maximum Gasteiger partial charge on any atom is -0.0162 e. The molecule has 0 bridgehead atoms. The molecule has 0 aromatic heterocycles. The van der Waals surface area contributed by atoms with Crippen molar-refractivity contribution < 1.29 is 0 Å². The Morgan fingerprint density at radius 2 is 1.48 bits per heavy atom. The molecule has 0 unspecified atom stereocenters. The number of benzene rings is 1. The van der Waals surface area contributed by atoms with E-state index in [1.54, 1.807) is 5.56 Å². The number of unbranched alkanes of at least 4 members (excludes halogenated alkanes) is 1. The second kappa shape index (κ2) is 11.1. The van der Waals surface area contributed by atoms with Crippen LogP contribution in [0.4, 0.5) is 0 Å². The maximum absolute atomic E-state index is 2.44. The average molecular weight is 367 g/mol. The van der Waals surface area contributed by atoms with Crippen LogP contribution in [0.3, 0.4) is 0 Å². The fourth-order valence-electron chi connectivity index (χ4n) is 5.71. The molecule has 0 heteroatoms. The van der Waals surface area contributed by atoms with Gasteiger partial charge in [-0.1, -0.05) is 62.6 Å². The standard InChI is InChI=1S/C27H42/c1-3-5-7-9-23-12-16-25(17-13-23)27-20-18-26(19-21-27)24-14-10-22(11-15-24)8-6-4-2/h3,5,10-11,14-15,23,25-27H,4,6-9,12-13,16-21H2,1-2H3/b5-3+. The van der Waals surface area contributed by atoms with E-state index in [1.807, 2.05) is 0 Å². The molecule has 0 N–H and O–H groups in total. The second-order valence-electron chi connectivity index (χ2n) is 9.38. The van der Waals surface area contributed by atoms with Gasteiger partial charge in [-0.15, -0.1) is 0 Å². The number of aryl methyl sites for hydroxylation is 1. The summed E-state index contributed by atoms with van der Waals surface area (Å²) in [5, 5.41) is 0. The minimum absolute atomic E-state index is 0.832. The summed E-state index contributed by atoms with van der Waals surface area (Å²) in [4.78, 5) is 0. The lowest BCUT2D eigenvalue weighted by Gasteiger charge is -2.38. The number of rotatable bonds is 8. The summed E-state index contributed by atoms with van der Waals surface area (Å²) in [6.45, 7) is 4.43. The molecule has 0 amide bonds. The number of hydrogen-bond donors (Lipinski definition) is 0. The molecular formula is C27H42. The number of hydrogen-bond acceptors (Lipinski definition) is 0. The van der Waals surface area contributed by atoms with Crippen molar-refractivity contribution in [2.45, 2.75) is 103 Å². The van der Waals surface area contributed by atoms with Crippen molar-refractivity contribution in [2.24, 2.45) is 17.8 Å². The summed E-state index contributed by atoms with van der Waals surface area (Å²) >= 11 is 0. The Kier molecular flexibility index (Phi) is 8.49. The van der Waals surface area contributed by atoms with Gasteiger partial charge >= 0.3 is 0 Å². The van der Waals surface area contributed by atoms with Crippen LogP contribution in [0, 0.1) is 17.8 Å². The predicted molar refractivity (Wildman–Crippen MR) is 119 cm³/mol. The van der Waals surface area contributed by atoms with Gasteiger partial charge in [0.05, 0.1) is 0 Å². The molecule has 2 aliphatic rings. The van der Waals surface area contributed by atoms with Crippen molar-refractivity contribution in [2.75, 3.05) is 0 Å². The fraction of sp³-hybridized carbons (Fsp3) is 0.704. The Morgan fingerprint density at radius 1 is 0.852 bits per heavy atom. The smallest absolute Gasteiger partial charge is 0.0162 e. The molecule has 27 heavy (non-hydrogen) atoms. The summed E-state index contributed by atoms with van der Waals surface area (Å²) in [7, 11) is 0. The van der Waals surface area contributed by atoms with Gasteiger partial charge in [0.15, 0.2) is 0 Å². The summed E-state index contributed by atoms with van der Waals surface area (Å²) < 4.78 is 0. The van der Waals surface area contributed by atoms with Gasteiger partial charge in [-0.3, -0.25) is 0 Å². The lowest BCUT2D eigenvalue weighted by Crippen LogP contribution is -2.25. The molecule has 2 fully saturated rings. The predicted octanol–water partition coefficient (Wildman–Crippen LogP) is 8.47. The van der Waals surface area contributed by atoms with Gasteiger partial charge < -0.3 is 0 Å². The Morgan fingerprint density at radius 3 is 2.07 bits per heavy atom. The highest BCUT2D eigenvalue weighted by Gasteiger charge is 2.31. The second-order valence-corrected chi connectivity index (χ2v) is 9.38. The van der Waals surface area contributed by atoms with Crippen LogP contribution in [-0.4, -0.2) is 0 Å². The highest BCUT2D eigenvalue weighted by atomic mass is 14.4. The molecule has 2 aliphatic carbocycles. The zero-order valence-corrected chi connectivity index (χ0v) is 18.0. The molecule has 0 atom stereocenters. The third-order valence-corrected chi connectivity index (χ3v) is 7.58. The summed E-state index contributed by atoms with van der Waals surface area (Å²) in [5.41, 5.74) is 3.14. The zero-order chi connectivity index (χ0) is 18.9. The van der Waals surface area contributed by atoms with E-state index >= 15 is 0 Å². The molecule has 0 nitrogen and oxygen atoms in total. The zero-order valence-electron chi connectivity index (χ0n) is 18.0. The summed E-state index contributed by atoms with van der Waals surface area (Å²) in [6.07, 6.45) is 23.0. The molecule has 1 aromatic rings. The van der Waals surface area contributed by atoms with Gasteiger partial charge in [-0.05, 0) is 106 Å². The van der Waals surface area contributed by atoms with Crippen LogP contribution < -0.4 is 0 Å². The van der Waals surface area contributed by atoms with Crippen LogP contribution in [-0.2, 0) is 6.42 Å². The first-order valence-electron chi connectivity index (χ1n) is 12.0. The lowest BCUT2D eigenvalue weighted by molar-refractivity contribution is 0.157. The highest BCUT2D eigenvalue weighted by molar-refractivity contribution is 5.26. The van der Waals surface area contributed by atoms with E-state index in [9.17, 15) is 0 Å². The van der Waals surface area contributed by atoms with Gasteiger partial charge in [0.25, 0.3) is 0 Å². The van der Waals surface area contributed by atoms with Crippen molar-refractivity contribution in [1.82, 2.24) is 0 Å². The van der Waals surface area contributed by atoms with E-state index in [4.69, 9.17) is 0 Å². The average Bonchev–Trinajstić information content (AvgIpc) is 2.73. The molecule has 0 heterocycles. The van der Waals surface area contributed by atoms with Gasteiger partial charge in [-0.25, -0.2) is 0 Å². The van der Waals surface area contributed by atoms with Crippen LogP contribution in [0.15, 0.2) is 36.4 Å². The molecule has 3 rings (SSSR count). The summed E-state index contributed by atoms with van der Waals surface area (Å²) in [6, 6.07) is 9.66. The van der Waals surface area contributed by atoms with Crippen molar-refractivity contribution in [3.63, 3.8) is 0 Å². The van der Waals surface area contributed by atoms with Crippen LogP contribution in [0.5, 0.6) is 0 Å².